The van der Waals surface area contributed by atoms with Crippen molar-refractivity contribution in [3.8, 4) is 0 Å². The minimum Gasteiger partial charge on any atom is -0.790 e. The zero-order valence-corrected chi connectivity index (χ0v) is 33.7. The van der Waals surface area contributed by atoms with Gasteiger partial charge in [0.25, 0.3) is 15.6 Å². The zero-order valence-electron chi connectivity index (χ0n) is 30.2. The highest BCUT2D eigenvalue weighted by molar-refractivity contribution is 8.14. The second kappa shape index (κ2) is 19.2. The lowest BCUT2D eigenvalue weighted by molar-refractivity contribution is -0.347. The van der Waals surface area contributed by atoms with Gasteiger partial charge in [0, 0.05) is 36.2 Å². The van der Waals surface area contributed by atoms with E-state index in [2.05, 4.69) is 43.5 Å². The van der Waals surface area contributed by atoms with Crippen LogP contribution < -0.4 is 35.9 Å². The molecule has 6 N–H and O–H groups in total. The summed E-state index contributed by atoms with van der Waals surface area (Å²) < 4.78 is 60.5. The van der Waals surface area contributed by atoms with Crippen molar-refractivity contribution >= 4 is 69.1 Å². The number of carbonyl (C=O) groups excluding carboxylic acids is 3. The molecule has 2 amide bonds. The number of phosphoric ester groups is 3. The first-order valence-electron chi connectivity index (χ1n) is 16.5. The van der Waals surface area contributed by atoms with Crippen LogP contribution in [0.1, 0.15) is 42.4 Å². The van der Waals surface area contributed by atoms with Crippen molar-refractivity contribution in [3.63, 3.8) is 0 Å². The van der Waals surface area contributed by atoms with E-state index in [1.807, 2.05) is 13.0 Å². The molecule has 4 rings (SSSR count). The molecule has 2 unspecified atom stereocenters. The summed E-state index contributed by atoms with van der Waals surface area (Å²) >= 11 is 1.02. The summed E-state index contributed by atoms with van der Waals surface area (Å²) in [4.78, 5) is 96.4. The number of nitrogens with one attached hydrogen (secondary N) is 2. The average molecular weight is 882 g/mol. The number of imidazole rings is 1. The fraction of sp³-hybridized carbons (Fsp3) is 0.517. The van der Waals surface area contributed by atoms with Crippen LogP contribution in [0.4, 0.5) is 5.82 Å². The Hall–Kier alpha value is -3.22. The molecular formula is C29H38N7O17P3S-4. The van der Waals surface area contributed by atoms with Crippen molar-refractivity contribution in [2.75, 3.05) is 37.8 Å². The average Bonchev–Trinajstić information content (AvgIpc) is 3.68. The quantitative estimate of drug-likeness (QED) is 0.0591. The van der Waals surface area contributed by atoms with Crippen LogP contribution in [-0.4, -0.2) is 103 Å². The van der Waals surface area contributed by atoms with Crippen molar-refractivity contribution in [2.45, 2.75) is 57.8 Å². The Balaban J connectivity index is 1.23. The Bertz CT molecular complexity index is 2070. The van der Waals surface area contributed by atoms with Crippen LogP contribution in [0.5, 0.6) is 0 Å². The van der Waals surface area contributed by atoms with Crippen LogP contribution in [0.15, 0.2) is 36.9 Å². The molecular weight excluding hydrogens is 843 g/mol. The number of aliphatic hydroxyl groups is 2. The Morgan fingerprint density at radius 3 is 2.46 bits per heavy atom. The largest absolute Gasteiger partial charge is 0.790 e. The van der Waals surface area contributed by atoms with Crippen molar-refractivity contribution < 1.29 is 80.5 Å². The Morgan fingerprint density at radius 1 is 1.07 bits per heavy atom. The number of nitrogens with two attached hydrogens (primary N) is 1. The molecule has 1 saturated heterocycles. The van der Waals surface area contributed by atoms with Crippen LogP contribution in [0.2, 0.25) is 0 Å². The van der Waals surface area contributed by atoms with E-state index in [0.29, 0.717) is 11.3 Å². The van der Waals surface area contributed by atoms with Gasteiger partial charge in [-0.25, -0.2) is 19.3 Å². The Kier molecular flexibility index (Phi) is 15.7. The first-order chi connectivity index (χ1) is 26.5. The second-order valence-electron chi connectivity index (χ2n) is 13.0. The molecule has 57 heavy (non-hydrogen) atoms. The number of aliphatic hydroxyl groups excluding tert-OH is 2. The highest BCUT2D eigenvalue weighted by atomic mass is 32.2. The van der Waals surface area contributed by atoms with Crippen molar-refractivity contribution in [1.29, 1.82) is 0 Å². The van der Waals surface area contributed by atoms with E-state index in [9.17, 15) is 57.9 Å². The van der Waals surface area contributed by atoms with Gasteiger partial charge in [-0.3, -0.25) is 28.1 Å². The number of hydrogen-bond acceptors (Lipinski definition) is 22. The summed E-state index contributed by atoms with van der Waals surface area (Å²) in [6, 6.07) is 7.04. The van der Waals surface area contributed by atoms with E-state index in [1.165, 1.54) is 13.8 Å². The molecule has 2 aromatic heterocycles. The number of fused-ring (bicyclic) bond motifs is 1. The summed E-state index contributed by atoms with van der Waals surface area (Å²) in [5.41, 5.74) is 5.52. The maximum absolute atomic E-state index is 12.5. The Morgan fingerprint density at radius 2 is 1.77 bits per heavy atom. The van der Waals surface area contributed by atoms with Gasteiger partial charge in [0.15, 0.2) is 17.7 Å². The maximum atomic E-state index is 12.5. The van der Waals surface area contributed by atoms with Gasteiger partial charge in [0.2, 0.25) is 16.9 Å². The topological polar surface area (TPSA) is 375 Å². The molecule has 3 heterocycles. The lowest BCUT2D eigenvalue weighted by Gasteiger charge is -2.36. The predicted octanol–water partition coefficient (Wildman–Crippen LogP) is -2.24. The van der Waals surface area contributed by atoms with E-state index in [0.717, 1.165) is 34.5 Å². The minimum atomic E-state index is -5.92. The number of phosphoric acid groups is 3. The summed E-state index contributed by atoms with van der Waals surface area (Å²) in [5.74, 6) is -1.27. The summed E-state index contributed by atoms with van der Waals surface area (Å²) in [7, 11) is -17.6. The zero-order chi connectivity index (χ0) is 42.3. The van der Waals surface area contributed by atoms with Crippen molar-refractivity contribution in [2.24, 2.45) is 5.41 Å². The van der Waals surface area contributed by atoms with Gasteiger partial charge in [-0.05, 0) is 13.0 Å². The summed E-state index contributed by atoms with van der Waals surface area (Å²) in [6.07, 6.45) is -7.61. The first kappa shape index (κ1) is 46.5. The van der Waals surface area contributed by atoms with Gasteiger partial charge in [-0.1, -0.05) is 49.4 Å². The molecule has 7 atom stereocenters. The fourth-order valence-electron chi connectivity index (χ4n) is 5.11. The van der Waals surface area contributed by atoms with Crippen molar-refractivity contribution in [1.82, 2.24) is 30.2 Å². The monoisotopic (exact) mass is 881 g/mol. The lowest BCUT2D eigenvalue weighted by Crippen LogP contribution is -2.46. The third kappa shape index (κ3) is 13.4. The first-order valence-corrected chi connectivity index (χ1v) is 21.9. The molecule has 24 nitrogen and oxygen atoms in total. The number of rotatable bonds is 20. The third-order valence-electron chi connectivity index (χ3n) is 7.96. The number of aromatic nitrogens is 4. The number of benzene rings is 1. The van der Waals surface area contributed by atoms with E-state index in [-0.39, 0.29) is 41.6 Å². The number of carbonyl (C=O) groups is 3. The number of ether oxygens (including phenoxy) is 1. The van der Waals surface area contributed by atoms with Crippen LogP contribution in [0.3, 0.4) is 0 Å². The highest BCUT2D eigenvalue weighted by Crippen LogP contribution is 2.56. The molecule has 1 aliphatic heterocycles. The van der Waals surface area contributed by atoms with E-state index >= 15 is 0 Å². The van der Waals surface area contributed by atoms with Crippen LogP contribution >= 0.6 is 35.2 Å². The van der Waals surface area contributed by atoms with Crippen LogP contribution in [-0.2, 0) is 45.9 Å². The molecule has 1 aromatic carbocycles. The van der Waals surface area contributed by atoms with E-state index in [1.54, 1.807) is 18.2 Å². The molecule has 0 saturated carbocycles. The number of thioether (sulfide) groups is 1. The maximum Gasteiger partial charge on any atom is 0.274 e. The van der Waals surface area contributed by atoms with Crippen LogP contribution in [0, 0.1) is 12.3 Å². The number of anilines is 1. The molecule has 1 aliphatic rings. The molecule has 0 radical (unpaired) electrons. The normalized spacial score (nSPS) is 21.4. The SMILES string of the molecule is Cc1cccc(C(=O)SCCNC(=O)CCNC(=O)[C@H](O)C(C)(C)COP(=O)([O-])OP(=O)([O-])OC[C@H]2O[C@@H](n3cnc4c(N)ncnc43)[C@H](O)[C@@H]2OP(=O)([O-])[O-])c1. The predicted molar refractivity (Wildman–Crippen MR) is 189 cm³/mol. The molecule has 0 aliphatic carbocycles. The lowest BCUT2D eigenvalue weighted by atomic mass is 9.87. The van der Waals surface area contributed by atoms with Gasteiger partial charge in [0.05, 0.1) is 27.4 Å². The smallest absolute Gasteiger partial charge is 0.274 e. The highest BCUT2D eigenvalue weighted by Gasteiger charge is 2.47. The molecule has 28 heteroatoms. The summed E-state index contributed by atoms with van der Waals surface area (Å²) in [5, 5.41) is 26.1. The molecule has 316 valence electrons. The molecule has 3 aromatic rings. The van der Waals surface area contributed by atoms with Crippen molar-refractivity contribution in [3.05, 3.63) is 48.0 Å². The third-order valence-corrected chi connectivity index (χ3v) is 11.9. The standard InChI is InChI=1S/C29H42N7O17P3S/c1-16-5-4-6-17(11-16)28(41)57-10-9-31-19(37)7-8-32-26(40)23(39)29(2,3)13-50-56(47,48)53-55(45,46)49-12-18-22(52-54(42,43)44)21(38)27(51-18)36-15-35-20-24(30)33-14-34-25(20)36/h4-6,11,14-15,18,21-23,27,38-39H,7-10,12-13H2,1-3H3,(H,31,37)(H,32,40)(H,45,46)(H,47,48)(H2,30,33,34)(H2,42,43,44)/p-4/t18-,21-,22-,23+,27-/m1/s1. The van der Waals surface area contributed by atoms with Gasteiger partial charge >= 0.3 is 0 Å². The Labute approximate surface area is 328 Å². The summed E-state index contributed by atoms with van der Waals surface area (Å²) in [6.45, 7) is 1.90. The van der Waals surface area contributed by atoms with Gasteiger partial charge in [0.1, 0.15) is 36.3 Å². The molecule has 0 bridgehead atoms. The van der Waals surface area contributed by atoms with Gasteiger partial charge in [-0.2, -0.15) is 0 Å². The molecule has 1 fully saturated rings. The molecule has 0 spiro atoms. The van der Waals surface area contributed by atoms with Gasteiger partial charge in [-0.15, -0.1) is 0 Å². The van der Waals surface area contributed by atoms with Crippen LogP contribution in [0.25, 0.3) is 11.2 Å². The fourth-order valence-corrected chi connectivity index (χ4v) is 8.53. The number of amides is 2. The second-order valence-corrected chi connectivity index (χ2v) is 18.1. The van der Waals surface area contributed by atoms with E-state index < -0.39 is 84.6 Å². The number of nitrogen functional groups attached to an aromatic ring is 1. The number of aryl methyl sites for hydroxylation is 1. The van der Waals surface area contributed by atoms with Gasteiger partial charge < -0.3 is 69.0 Å². The van der Waals surface area contributed by atoms with E-state index in [4.69, 9.17) is 10.5 Å². The number of nitrogens with zero attached hydrogens (tertiary/aromatic N) is 4. The minimum absolute atomic E-state index is 0.0226. The number of hydrogen-bond donors (Lipinski definition) is 5.